The molecule has 1 aliphatic rings. The number of nitrogens with one attached hydrogen (secondary N) is 2. The summed E-state index contributed by atoms with van der Waals surface area (Å²) in [5.41, 5.74) is 13.9. The summed E-state index contributed by atoms with van der Waals surface area (Å²) in [5.74, 6) is -4.98. The van der Waals surface area contributed by atoms with Crippen LogP contribution in [-0.4, -0.2) is 68.4 Å². The molecule has 49 heavy (non-hydrogen) atoms. The molecule has 20 heteroatoms. The normalized spacial score (nSPS) is 16.0. The molecule has 1 aromatic heterocycles. The Bertz CT molecular complexity index is 1690. The molecule has 0 bridgehead atoms. The lowest BCUT2D eigenvalue weighted by Gasteiger charge is -2.30. The number of rotatable bonds is 6. The number of aromatic nitrogens is 2. The van der Waals surface area contributed by atoms with Gasteiger partial charge < -0.3 is 27.0 Å². The number of hydrogen-bond donors (Lipinski definition) is 6. The van der Waals surface area contributed by atoms with E-state index in [0.29, 0.717) is 21.4 Å². The lowest BCUT2D eigenvalue weighted by atomic mass is 9.90. The number of aryl methyl sites for hydroxylation is 1. The van der Waals surface area contributed by atoms with Gasteiger partial charge in [-0.25, -0.2) is 19.6 Å². The number of benzene rings is 2. The van der Waals surface area contributed by atoms with Crippen LogP contribution in [0.4, 0.5) is 38.1 Å². The van der Waals surface area contributed by atoms with Gasteiger partial charge in [0.15, 0.2) is 5.96 Å². The van der Waals surface area contributed by atoms with Crippen molar-refractivity contribution in [3.05, 3.63) is 63.6 Å². The number of carboxylic acids is 2. The fraction of sp³-hybridized carbons (Fsp3) is 0.310. The molecule has 0 radical (unpaired) electrons. The number of guanidine groups is 1. The highest BCUT2D eigenvalue weighted by Gasteiger charge is 2.39. The first-order valence-electron chi connectivity index (χ1n) is 13.9. The van der Waals surface area contributed by atoms with Gasteiger partial charge >= 0.3 is 24.3 Å². The number of carbonyl (C=O) groups is 3. The maximum atomic E-state index is 12.6. The van der Waals surface area contributed by atoms with E-state index >= 15 is 0 Å². The van der Waals surface area contributed by atoms with Crippen LogP contribution < -0.4 is 22.1 Å². The number of halogens is 8. The topological polar surface area (TPSA) is 206 Å². The summed E-state index contributed by atoms with van der Waals surface area (Å²) in [6.45, 7) is 2.01. The zero-order valence-electron chi connectivity index (χ0n) is 25.2. The van der Waals surface area contributed by atoms with E-state index in [1.165, 1.54) is 6.08 Å². The summed E-state index contributed by atoms with van der Waals surface area (Å²) in [4.78, 5) is 44.0. The van der Waals surface area contributed by atoms with Crippen LogP contribution in [0.1, 0.15) is 36.8 Å². The zero-order chi connectivity index (χ0) is 37.1. The number of nitrogens with zero attached hydrogens (tertiary/aromatic N) is 3. The molecular weight excluding hydrogens is 711 g/mol. The van der Waals surface area contributed by atoms with E-state index in [-0.39, 0.29) is 29.9 Å². The van der Waals surface area contributed by atoms with Crippen LogP contribution in [-0.2, 0) is 14.4 Å². The van der Waals surface area contributed by atoms with Crippen molar-refractivity contribution < 1.29 is 50.9 Å². The van der Waals surface area contributed by atoms with Crippen molar-refractivity contribution in [2.75, 3.05) is 10.6 Å². The van der Waals surface area contributed by atoms with Crippen molar-refractivity contribution in [1.82, 2.24) is 9.97 Å². The van der Waals surface area contributed by atoms with Gasteiger partial charge in [0.25, 0.3) is 5.91 Å². The molecule has 1 fully saturated rings. The molecule has 1 amide bonds. The maximum absolute atomic E-state index is 12.6. The van der Waals surface area contributed by atoms with Gasteiger partial charge in [-0.2, -0.15) is 31.3 Å². The summed E-state index contributed by atoms with van der Waals surface area (Å²) in [6.07, 6.45) is -3.20. The molecule has 2 aromatic carbocycles. The molecule has 0 aliphatic heterocycles. The smallest absolute Gasteiger partial charge is 0.475 e. The number of carboxylic acid groups (broad SMARTS) is 2. The van der Waals surface area contributed by atoms with Gasteiger partial charge in [0.05, 0.1) is 27.6 Å². The highest BCUT2D eigenvalue weighted by atomic mass is 35.5. The molecule has 1 saturated carbocycles. The molecule has 3 aromatic rings. The quantitative estimate of drug-likeness (QED) is 0.0735. The molecule has 2 unspecified atom stereocenters. The highest BCUT2D eigenvalue weighted by Crippen LogP contribution is 2.29. The number of nitrogens with two attached hydrogens (primary N) is 2. The Balaban J connectivity index is 0.000000500. The van der Waals surface area contributed by atoms with Crippen LogP contribution in [0, 0.1) is 6.92 Å². The Morgan fingerprint density at radius 2 is 1.51 bits per heavy atom. The summed E-state index contributed by atoms with van der Waals surface area (Å²) in [6, 6.07) is 11.0. The molecular formula is C29H29Cl2F6N7O5. The number of aliphatic imine (C=N–C) groups is 1. The molecule has 8 N–H and O–H groups in total. The van der Waals surface area contributed by atoms with E-state index < -0.39 is 24.3 Å². The van der Waals surface area contributed by atoms with E-state index in [0.717, 1.165) is 42.2 Å². The van der Waals surface area contributed by atoms with Gasteiger partial charge in [0, 0.05) is 11.5 Å². The number of amides is 1. The maximum Gasteiger partial charge on any atom is 0.490 e. The standard InChI is InChI=1S/C25H27Cl2N7O.2C2HF3O2/c1-14-6-10-19-16(12-14)23(30-20-4-2-3-5-21(20)31-24(28)29)34-25(32-19)33-22(35)11-8-15-7-9-17(26)18(27)13-15;2*3-2(4,5)1(6)7/h6-13,20-21H,2-5H2,1H3,(H4,28,29,31)(H2,30,32,33,34,35);2*(H,6,7)/b11-8+;;. The summed E-state index contributed by atoms with van der Waals surface area (Å²) >= 11 is 12.0. The summed E-state index contributed by atoms with van der Waals surface area (Å²) in [7, 11) is 0. The Hall–Kier alpha value is -4.84. The van der Waals surface area contributed by atoms with Crippen LogP contribution in [0.2, 0.25) is 10.0 Å². The third-order valence-corrected chi connectivity index (χ3v) is 7.05. The van der Waals surface area contributed by atoms with E-state index in [9.17, 15) is 31.1 Å². The Labute approximate surface area is 284 Å². The molecule has 0 spiro atoms. The first-order chi connectivity index (χ1) is 22.7. The Kier molecular flexibility index (Phi) is 14.4. The number of hydrogen-bond acceptors (Lipinski definition) is 7. The zero-order valence-corrected chi connectivity index (χ0v) is 26.8. The molecule has 12 nitrogen and oxygen atoms in total. The third-order valence-electron chi connectivity index (χ3n) is 6.31. The van der Waals surface area contributed by atoms with Crippen molar-refractivity contribution in [3.63, 3.8) is 0 Å². The average Bonchev–Trinajstić information content (AvgIpc) is 2.98. The van der Waals surface area contributed by atoms with Crippen LogP contribution >= 0.6 is 23.2 Å². The number of carbonyl (C=O) groups excluding carboxylic acids is 1. The predicted molar refractivity (Wildman–Crippen MR) is 171 cm³/mol. The lowest BCUT2D eigenvalue weighted by Crippen LogP contribution is -2.38. The summed E-state index contributed by atoms with van der Waals surface area (Å²) in [5, 5.41) is 22.3. The van der Waals surface area contributed by atoms with Crippen molar-refractivity contribution in [1.29, 1.82) is 0 Å². The van der Waals surface area contributed by atoms with Crippen LogP contribution in [0.15, 0.2) is 47.5 Å². The minimum Gasteiger partial charge on any atom is -0.475 e. The van der Waals surface area contributed by atoms with Gasteiger partial charge in [-0.05, 0) is 55.7 Å². The Morgan fingerprint density at radius 3 is 2.06 bits per heavy atom. The van der Waals surface area contributed by atoms with Crippen molar-refractivity contribution in [2.24, 2.45) is 16.5 Å². The van der Waals surface area contributed by atoms with E-state index in [1.54, 1.807) is 24.3 Å². The van der Waals surface area contributed by atoms with E-state index in [4.69, 9.17) is 54.5 Å². The number of alkyl halides is 6. The predicted octanol–water partition coefficient (Wildman–Crippen LogP) is 6.16. The first kappa shape index (κ1) is 40.3. The molecule has 1 aliphatic carbocycles. The second kappa shape index (κ2) is 17.5. The molecule has 266 valence electrons. The summed E-state index contributed by atoms with van der Waals surface area (Å²) < 4.78 is 63.5. The fourth-order valence-corrected chi connectivity index (χ4v) is 4.46. The van der Waals surface area contributed by atoms with Crippen molar-refractivity contribution in [2.45, 2.75) is 57.0 Å². The molecule has 1 heterocycles. The van der Waals surface area contributed by atoms with Gasteiger partial charge in [-0.3, -0.25) is 10.1 Å². The first-order valence-corrected chi connectivity index (χ1v) is 14.6. The SMILES string of the molecule is Cc1ccc2nc(NC(=O)/C=C/c3ccc(Cl)c(Cl)c3)nc(NC3CCCCC3N=C(N)N)c2c1.O=C(O)C(F)(F)F.O=C(O)C(F)(F)F. The monoisotopic (exact) mass is 739 g/mol. The van der Waals surface area contributed by atoms with Crippen LogP contribution in [0.3, 0.4) is 0 Å². The van der Waals surface area contributed by atoms with Gasteiger partial charge in [-0.1, -0.05) is 53.7 Å². The number of fused-ring (bicyclic) bond motifs is 1. The van der Waals surface area contributed by atoms with Crippen LogP contribution in [0.5, 0.6) is 0 Å². The van der Waals surface area contributed by atoms with Gasteiger partial charge in [0.1, 0.15) is 5.82 Å². The van der Waals surface area contributed by atoms with Crippen molar-refractivity contribution in [3.8, 4) is 0 Å². The van der Waals surface area contributed by atoms with E-state index in [2.05, 4.69) is 25.6 Å². The fourth-order valence-electron chi connectivity index (χ4n) is 4.15. The minimum absolute atomic E-state index is 0.0163. The van der Waals surface area contributed by atoms with Gasteiger partial charge in [-0.15, -0.1) is 0 Å². The minimum atomic E-state index is -5.08. The number of anilines is 2. The third kappa shape index (κ3) is 13.7. The molecule has 4 rings (SSSR count). The molecule has 0 saturated heterocycles. The average molecular weight is 740 g/mol. The largest absolute Gasteiger partial charge is 0.490 e. The van der Waals surface area contributed by atoms with E-state index in [1.807, 2.05) is 25.1 Å². The highest BCUT2D eigenvalue weighted by molar-refractivity contribution is 6.42. The second-order valence-electron chi connectivity index (χ2n) is 10.2. The lowest BCUT2D eigenvalue weighted by molar-refractivity contribution is -0.193. The van der Waals surface area contributed by atoms with Crippen molar-refractivity contribution >= 4 is 75.8 Å². The van der Waals surface area contributed by atoms with Crippen LogP contribution in [0.25, 0.3) is 17.0 Å². The number of aliphatic carboxylic acids is 2. The Morgan fingerprint density at radius 1 is 0.918 bits per heavy atom. The second-order valence-corrected chi connectivity index (χ2v) is 11.0. The molecule has 2 atom stereocenters. The van der Waals surface area contributed by atoms with Gasteiger partial charge in [0.2, 0.25) is 5.95 Å².